The molecule has 2 aromatic rings. The molecular formula is C23H22N4O4. The van der Waals surface area contributed by atoms with Gasteiger partial charge in [0.25, 0.3) is 17.7 Å². The molecule has 8 nitrogen and oxygen atoms in total. The largest absolute Gasteiger partial charge is 0.379 e. The number of nitrogens with one attached hydrogen (secondary N) is 1. The van der Waals surface area contributed by atoms with E-state index < -0.39 is 5.91 Å². The second-order valence-corrected chi connectivity index (χ2v) is 7.48. The van der Waals surface area contributed by atoms with Crippen molar-refractivity contribution in [3.63, 3.8) is 0 Å². The van der Waals surface area contributed by atoms with Crippen molar-refractivity contribution in [2.45, 2.75) is 6.54 Å². The van der Waals surface area contributed by atoms with E-state index in [1.807, 2.05) is 6.07 Å². The quantitative estimate of drug-likeness (QED) is 0.712. The molecule has 8 heteroatoms. The van der Waals surface area contributed by atoms with Crippen molar-refractivity contribution < 1.29 is 19.1 Å². The van der Waals surface area contributed by atoms with Gasteiger partial charge >= 0.3 is 0 Å². The van der Waals surface area contributed by atoms with Crippen molar-refractivity contribution in [2.75, 3.05) is 39.4 Å². The van der Waals surface area contributed by atoms with E-state index in [0.717, 1.165) is 30.1 Å². The van der Waals surface area contributed by atoms with Gasteiger partial charge in [-0.3, -0.25) is 24.2 Å². The summed E-state index contributed by atoms with van der Waals surface area (Å²) in [6.45, 7) is 4.44. The molecular weight excluding hydrogens is 396 g/mol. The van der Waals surface area contributed by atoms with Gasteiger partial charge in [-0.2, -0.15) is 5.26 Å². The highest BCUT2D eigenvalue weighted by atomic mass is 16.5. The number of amides is 3. The Morgan fingerprint density at radius 1 is 1.03 bits per heavy atom. The Morgan fingerprint density at radius 2 is 1.74 bits per heavy atom. The average Bonchev–Trinajstić information content (AvgIpc) is 3.04. The SMILES string of the molecule is N#Cc1ccc(CN2C(=O)c3ccc(C(=O)NCCN4CCOCC4)cc3C2=O)cc1. The van der Waals surface area contributed by atoms with Crippen LogP contribution in [-0.4, -0.2) is 66.9 Å². The number of benzene rings is 2. The standard InChI is InChI=1S/C23H22N4O4/c24-14-16-1-3-17(4-2-16)15-27-22(29)19-6-5-18(13-20(19)23(27)30)21(28)25-7-8-26-9-11-31-12-10-26/h1-6,13H,7-12,15H2,(H,25,28). The Morgan fingerprint density at radius 3 is 2.45 bits per heavy atom. The number of nitriles is 1. The van der Waals surface area contributed by atoms with E-state index in [9.17, 15) is 14.4 Å². The first-order valence-electron chi connectivity index (χ1n) is 10.1. The van der Waals surface area contributed by atoms with Crippen LogP contribution in [0.25, 0.3) is 0 Å². The van der Waals surface area contributed by atoms with Crippen LogP contribution in [0.5, 0.6) is 0 Å². The molecule has 31 heavy (non-hydrogen) atoms. The van der Waals surface area contributed by atoms with Crippen molar-refractivity contribution in [1.29, 1.82) is 5.26 Å². The van der Waals surface area contributed by atoms with Gasteiger partial charge in [0.15, 0.2) is 0 Å². The zero-order valence-corrected chi connectivity index (χ0v) is 17.0. The molecule has 1 fully saturated rings. The summed E-state index contributed by atoms with van der Waals surface area (Å²) < 4.78 is 5.31. The third-order valence-corrected chi connectivity index (χ3v) is 5.47. The molecule has 2 heterocycles. The molecule has 0 radical (unpaired) electrons. The molecule has 4 rings (SSSR count). The number of rotatable bonds is 6. The van der Waals surface area contributed by atoms with Gasteiger partial charge in [-0.15, -0.1) is 0 Å². The number of imide groups is 1. The van der Waals surface area contributed by atoms with Gasteiger partial charge in [0.05, 0.1) is 42.5 Å². The monoisotopic (exact) mass is 418 g/mol. The van der Waals surface area contributed by atoms with Crippen molar-refractivity contribution in [1.82, 2.24) is 15.1 Å². The van der Waals surface area contributed by atoms with Crippen molar-refractivity contribution >= 4 is 17.7 Å². The molecule has 0 unspecified atom stereocenters. The number of morpholine rings is 1. The maximum absolute atomic E-state index is 12.8. The molecule has 2 aromatic carbocycles. The Bertz CT molecular complexity index is 1050. The van der Waals surface area contributed by atoms with E-state index in [2.05, 4.69) is 10.2 Å². The molecule has 2 aliphatic heterocycles. The zero-order valence-electron chi connectivity index (χ0n) is 17.0. The van der Waals surface area contributed by atoms with E-state index >= 15 is 0 Å². The Labute approximate surface area is 180 Å². The Balaban J connectivity index is 1.40. The van der Waals surface area contributed by atoms with Crippen LogP contribution in [0.4, 0.5) is 0 Å². The van der Waals surface area contributed by atoms with Crippen LogP contribution in [0.1, 0.15) is 42.2 Å². The summed E-state index contributed by atoms with van der Waals surface area (Å²) in [7, 11) is 0. The second kappa shape index (κ2) is 9.08. The van der Waals surface area contributed by atoms with Gasteiger partial charge in [0, 0.05) is 31.7 Å². The normalized spacial score (nSPS) is 16.2. The third kappa shape index (κ3) is 4.48. The lowest BCUT2D eigenvalue weighted by Crippen LogP contribution is -2.41. The molecule has 1 N–H and O–H groups in total. The van der Waals surface area contributed by atoms with Crippen LogP contribution in [-0.2, 0) is 11.3 Å². The number of fused-ring (bicyclic) bond motifs is 1. The minimum absolute atomic E-state index is 0.110. The number of carbonyl (C=O) groups is 3. The fourth-order valence-electron chi connectivity index (χ4n) is 3.70. The first-order chi connectivity index (χ1) is 15.1. The van der Waals surface area contributed by atoms with Crippen LogP contribution in [0.15, 0.2) is 42.5 Å². The maximum atomic E-state index is 12.8. The summed E-state index contributed by atoms with van der Waals surface area (Å²) in [5.74, 6) is -1.09. The number of carbonyl (C=O) groups excluding carboxylic acids is 3. The van der Waals surface area contributed by atoms with Crippen molar-refractivity contribution in [3.8, 4) is 6.07 Å². The molecule has 0 aromatic heterocycles. The summed E-state index contributed by atoms with van der Waals surface area (Å²) in [5.41, 5.74) is 2.13. The fraction of sp³-hybridized carbons (Fsp3) is 0.304. The van der Waals surface area contributed by atoms with Gasteiger partial charge in [-0.25, -0.2) is 0 Å². The Hall–Kier alpha value is -3.54. The highest BCUT2D eigenvalue weighted by molar-refractivity contribution is 6.22. The van der Waals surface area contributed by atoms with Crippen LogP contribution in [0, 0.1) is 11.3 Å². The molecule has 0 saturated carbocycles. The third-order valence-electron chi connectivity index (χ3n) is 5.47. The second-order valence-electron chi connectivity index (χ2n) is 7.48. The summed E-state index contributed by atoms with van der Waals surface area (Å²) in [6, 6.07) is 13.3. The summed E-state index contributed by atoms with van der Waals surface area (Å²) in [6.07, 6.45) is 0. The van der Waals surface area contributed by atoms with Crippen LogP contribution in [0.3, 0.4) is 0 Å². The van der Waals surface area contributed by atoms with Crippen LogP contribution in [0.2, 0.25) is 0 Å². The van der Waals surface area contributed by atoms with Crippen LogP contribution >= 0.6 is 0 Å². The molecule has 1 saturated heterocycles. The van der Waals surface area contributed by atoms with Gasteiger partial charge in [0.2, 0.25) is 0 Å². The summed E-state index contributed by atoms with van der Waals surface area (Å²) >= 11 is 0. The Kier molecular flexibility index (Phi) is 6.07. The number of ether oxygens (including phenoxy) is 1. The fourth-order valence-corrected chi connectivity index (χ4v) is 3.70. The summed E-state index contributed by atoms with van der Waals surface area (Å²) in [5, 5.41) is 11.8. The minimum Gasteiger partial charge on any atom is -0.379 e. The highest BCUT2D eigenvalue weighted by Gasteiger charge is 2.36. The van der Waals surface area contributed by atoms with Gasteiger partial charge in [-0.1, -0.05) is 12.1 Å². The lowest BCUT2D eigenvalue weighted by Gasteiger charge is -2.26. The molecule has 2 aliphatic rings. The van der Waals surface area contributed by atoms with E-state index in [-0.39, 0.29) is 23.9 Å². The highest BCUT2D eigenvalue weighted by Crippen LogP contribution is 2.25. The van der Waals surface area contributed by atoms with Crippen molar-refractivity contribution in [3.05, 3.63) is 70.3 Å². The average molecular weight is 418 g/mol. The van der Waals surface area contributed by atoms with Crippen molar-refractivity contribution in [2.24, 2.45) is 0 Å². The predicted octanol–water partition coefficient (Wildman–Crippen LogP) is 1.42. The van der Waals surface area contributed by atoms with Gasteiger partial charge < -0.3 is 10.1 Å². The lowest BCUT2D eigenvalue weighted by molar-refractivity contribution is 0.0383. The van der Waals surface area contributed by atoms with Gasteiger partial charge in [-0.05, 0) is 35.9 Å². The summed E-state index contributed by atoms with van der Waals surface area (Å²) in [4.78, 5) is 41.4. The molecule has 0 bridgehead atoms. The molecule has 0 spiro atoms. The first kappa shape index (κ1) is 20.7. The molecule has 158 valence electrons. The number of hydrogen-bond acceptors (Lipinski definition) is 6. The topological polar surface area (TPSA) is 103 Å². The van der Waals surface area contributed by atoms with E-state index in [0.29, 0.717) is 36.4 Å². The van der Waals surface area contributed by atoms with E-state index in [1.165, 1.54) is 12.1 Å². The number of nitrogens with zero attached hydrogens (tertiary/aromatic N) is 3. The van der Waals surface area contributed by atoms with E-state index in [4.69, 9.17) is 10.00 Å². The lowest BCUT2D eigenvalue weighted by atomic mass is 10.1. The zero-order chi connectivity index (χ0) is 21.8. The first-order valence-corrected chi connectivity index (χ1v) is 10.1. The van der Waals surface area contributed by atoms with E-state index in [1.54, 1.807) is 30.3 Å². The number of hydrogen-bond donors (Lipinski definition) is 1. The predicted molar refractivity (Wildman–Crippen MR) is 111 cm³/mol. The smallest absolute Gasteiger partial charge is 0.261 e. The molecule has 0 atom stereocenters. The minimum atomic E-state index is -0.424. The van der Waals surface area contributed by atoms with Crippen LogP contribution < -0.4 is 5.32 Å². The molecule has 0 aliphatic carbocycles. The molecule has 3 amide bonds. The van der Waals surface area contributed by atoms with Gasteiger partial charge in [0.1, 0.15) is 0 Å². The maximum Gasteiger partial charge on any atom is 0.261 e.